The molecule has 0 saturated heterocycles. The Kier molecular flexibility index (Phi) is 3.71. The molecule has 2 aromatic rings. The highest BCUT2D eigenvalue weighted by molar-refractivity contribution is 5.76. The molecule has 1 aliphatic heterocycles. The van der Waals surface area contributed by atoms with Crippen LogP contribution in [-0.2, 0) is 6.42 Å². The largest absolute Gasteiger partial charge is 0.495 e. The number of ether oxygens (including phenoxy) is 3. The molecule has 0 aliphatic carbocycles. The third-order valence-corrected chi connectivity index (χ3v) is 4.01. The molecule has 3 rings (SSSR count). The summed E-state index contributed by atoms with van der Waals surface area (Å²) < 4.78 is 16.0. The number of hydrogen-bond donors (Lipinski definition) is 1. The smallest absolute Gasteiger partial charge is 0.162 e. The molecule has 2 N–H and O–H groups in total. The Morgan fingerprint density at radius 3 is 2.32 bits per heavy atom. The van der Waals surface area contributed by atoms with Gasteiger partial charge in [0.15, 0.2) is 11.5 Å². The van der Waals surface area contributed by atoms with Gasteiger partial charge < -0.3 is 24.8 Å². The molecule has 5 nitrogen and oxygen atoms in total. The zero-order valence-electron chi connectivity index (χ0n) is 13.1. The van der Waals surface area contributed by atoms with Gasteiger partial charge in [0.1, 0.15) is 5.75 Å². The molecular weight excluding hydrogens is 280 g/mol. The Labute approximate surface area is 130 Å². The average Bonchev–Trinajstić information content (AvgIpc) is 2.95. The van der Waals surface area contributed by atoms with Crippen molar-refractivity contribution >= 4 is 17.1 Å². The number of nitrogens with two attached hydrogens (primary N) is 1. The first-order valence-corrected chi connectivity index (χ1v) is 7.14. The maximum Gasteiger partial charge on any atom is 0.162 e. The van der Waals surface area contributed by atoms with Gasteiger partial charge in [0, 0.05) is 30.1 Å². The average molecular weight is 300 g/mol. The van der Waals surface area contributed by atoms with Gasteiger partial charge in [0.2, 0.25) is 0 Å². The van der Waals surface area contributed by atoms with E-state index >= 15 is 0 Å². The van der Waals surface area contributed by atoms with Crippen molar-refractivity contribution < 1.29 is 14.2 Å². The van der Waals surface area contributed by atoms with E-state index in [-0.39, 0.29) is 0 Å². The quantitative estimate of drug-likeness (QED) is 0.880. The van der Waals surface area contributed by atoms with Crippen molar-refractivity contribution in [2.75, 3.05) is 38.5 Å². The number of nitrogen functional groups attached to an aromatic ring is 1. The number of anilines is 3. The molecule has 22 heavy (non-hydrogen) atoms. The molecule has 0 radical (unpaired) electrons. The molecule has 0 saturated carbocycles. The number of benzene rings is 2. The van der Waals surface area contributed by atoms with Crippen molar-refractivity contribution in [2.24, 2.45) is 0 Å². The maximum atomic E-state index is 5.99. The second-order valence-electron chi connectivity index (χ2n) is 5.16. The van der Waals surface area contributed by atoms with Gasteiger partial charge in [-0.2, -0.15) is 0 Å². The van der Waals surface area contributed by atoms with E-state index in [0.717, 1.165) is 35.8 Å². The fraction of sp³-hybridized carbons (Fsp3) is 0.294. The summed E-state index contributed by atoms with van der Waals surface area (Å²) in [5.41, 5.74) is 10.1. The Morgan fingerprint density at radius 1 is 0.909 bits per heavy atom. The molecule has 116 valence electrons. The van der Waals surface area contributed by atoms with E-state index in [2.05, 4.69) is 4.90 Å². The van der Waals surface area contributed by atoms with E-state index in [1.54, 1.807) is 21.3 Å². The molecule has 0 unspecified atom stereocenters. The molecule has 2 aromatic carbocycles. The lowest BCUT2D eigenvalue weighted by atomic mass is 10.1. The molecule has 0 spiro atoms. The summed E-state index contributed by atoms with van der Waals surface area (Å²) in [4.78, 5) is 2.24. The molecular formula is C17H20N2O3. The summed E-state index contributed by atoms with van der Waals surface area (Å²) in [5.74, 6) is 2.14. The van der Waals surface area contributed by atoms with Crippen molar-refractivity contribution in [1.82, 2.24) is 0 Å². The van der Waals surface area contributed by atoms with Crippen LogP contribution in [0.2, 0.25) is 0 Å². The molecule has 0 fully saturated rings. The van der Waals surface area contributed by atoms with Crippen molar-refractivity contribution in [2.45, 2.75) is 6.42 Å². The summed E-state index contributed by atoms with van der Waals surface area (Å²) in [6.45, 7) is 0.900. The zero-order valence-corrected chi connectivity index (χ0v) is 13.1. The van der Waals surface area contributed by atoms with Crippen molar-refractivity contribution in [3.8, 4) is 17.2 Å². The minimum Gasteiger partial charge on any atom is -0.495 e. The Balaban J connectivity index is 2.02. The number of rotatable bonds is 4. The fourth-order valence-corrected chi connectivity index (χ4v) is 2.87. The van der Waals surface area contributed by atoms with E-state index < -0.39 is 0 Å². The predicted octanol–water partition coefficient (Wildman–Crippen LogP) is 2.99. The molecule has 0 aromatic heterocycles. The summed E-state index contributed by atoms with van der Waals surface area (Å²) in [6.07, 6.45) is 0.956. The van der Waals surface area contributed by atoms with Gasteiger partial charge >= 0.3 is 0 Å². The van der Waals surface area contributed by atoms with Crippen LogP contribution < -0.4 is 24.8 Å². The van der Waals surface area contributed by atoms with Crippen LogP contribution in [0, 0.1) is 0 Å². The SMILES string of the molecule is COc1cc2c(cc1N)CCN2c1ccc(OC)c(OC)c1. The van der Waals surface area contributed by atoms with E-state index in [9.17, 15) is 0 Å². The number of methoxy groups -OCH3 is 3. The number of hydrogen-bond acceptors (Lipinski definition) is 5. The fourth-order valence-electron chi connectivity index (χ4n) is 2.87. The number of nitrogens with zero attached hydrogens (tertiary/aromatic N) is 1. The molecule has 0 amide bonds. The first-order chi connectivity index (χ1) is 10.7. The van der Waals surface area contributed by atoms with E-state index in [1.807, 2.05) is 30.3 Å². The molecule has 1 heterocycles. The van der Waals surface area contributed by atoms with Crippen molar-refractivity contribution in [1.29, 1.82) is 0 Å². The standard InChI is InChI=1S/C17H20N2O3/c1-20-15-5-4-12(9-17(15)22-3)19-7-6-11-8-13(18)16(21-2)10-14(11)19/h4-5,8-10H,6-7,18H2,1-3H3. The molecule has 5 heteroatoms. The first-order valence-electron chi connectivity index (χ1n) is 7.14. The summed E-state index contributed by atoms with van der Waals surface area (Å²) in [7, 11) is 4.91. The van der Waals surface area contributed by atoms with Crippen molar-refractivity contribution in [3.63, 3.8) is 0 Å². The first kappa shape index (κ1) is 14.4. The molecule has 0 bridgehead atoms. The second-order valence-corrected chi connectivity index (χ2v) is 5.16. The third-order valence-electron chi connectivity index (χ3n) is 4.01. The van der Waals surface area contributed by atoms with Crippen LogP contribution in [0.3, 0.4) is 0 Å². The topological polar surface area (TPSA) is 57.0 Å². The van der Waals surface area contributed by atoms with E-state index in [1.165, 1.54) is 5.56 Å². The highest BCUT2D eigenvalue weighted by Crippen LogP contribution is 2.41. The summed E-state index contributed by atoms with van der Waals surface area (Å²) in [6, 6.07) is 9.92. The van der Waals surface area contributed by atoms with Crippen LogP contribution in [0.5, 0.6) is 17.2 Å². The Hall–Kier alpha value is -2.56. The summed E-state index contributed by atoms with van der Waals surface area (Å²) in [5, 5.41) is 0. The lowest BCUT2D eigenvalue weighted by molar-refractivity contribution is 0.355. The molecule has 0 atom stereocenters. The van der Waals surface area contributed by atoms with Gasteiger partial charge in [-0.15, -0.1) is 0 Å². The highest BCUT2D eigenvalue weighted by Gasteiger charge is 2.23. The van der Waals surface area contributed by atoms with Gasteiger partial charge in [0.05, 0.1) is 27.0 Å². The predicted molar refractivity (Wildman–Crippen MR) is 87.7 cm³/mol. The Morgan fingerprint density at radius 2 is 1.64 bits per heavy atom. The van der Waals surface area contributed by atoms with Gasteiger partial charge in [-0.05, 0) is 30.2 Å². The summed E-state index contributed by atoms with van der Waals surface area (Å²) >= 11 is 0. The highest BCUT2D eigenvalue weighted by atomic mass is 16.5. The van der Waals surface area contributed by atoms with Gasteiger partial charge in [0.25, 0.3) is 0 Å². The van der Waals surface area contributed by atoms with Crippen LogP contribution in [0.25, 0.3) is 0 Å². The van der Waals surface area contributed by atoms with Crippen LogP contribution >= 0.6 is 0 Å². The van der Waals surface area contributed by atoms with Gasteiger partial charge in [-0.1, -0.05) is 0 Å². The maximum absolute atomic E-state index is 5.99. The zero-order chi connectivity index (χ0) is 15.7. The van der Waals surface area contributed by atoms with Crippen LogP contribution in [0.4, 0.5) is 17.1 Å². The van der Waals surface area contributed by atoms with Crippen LogP contribution in [0.15, 0.2) is 30.3 Å². The van der Waals surface area contributed by atoms with E-state index in [4.69, 9.17) is 19.9 Å². The van der Waals surface area contributed by atoms with E-state index in [0.29, 0.717) is 11.4 Å². The second kappa shape index (κ2) is 5.67. The van der Waals surface area contributed by atoms with Gasteiger partial charge in [-0.25, -0.2) is 0 Å². The lowest BCUT2D eigenvalue weighted by Gasteiger charge is -2.21. The Bertz CT molecular complexity index is 701. The third kappa shape index (κ3) is 2.28. The van der Waals surface area contributed by atoms with Crippen LogP contribution in [0.1, 0.15) is 5.56 Å². The van der Waals surface area contributed by atoms with Crippen LogP contribution in [-0.4, -0.2) is 27.9 Å². The minimum absolute atomic E-state index is 0.676. The van der Waals surface area contributed by atoms with Crippen molar-refractivity contribution in [3.05, 3.63) is 35.9 Å². The lowest BCUT2D eigenvalue weighted by Crippen LogP contribution is -2.13. The number of fused-ring (bicyclic) bond motifs is 1. The molecule has 1 aliphatic rings. The monoisotopic (exact) mass is 300 g/mol. The normalized spacial score (nSPS) is 13.0. The van der Waals surface area contributed by atoms with Gasteiger partial charge in [-0.3, -0.25) is 0 Å². The minimum atomic E-state index is 0.676.